The van der Waals surface area contributed by atoms with Crippen molar-refractivity contribution < 1.29 is 9.53 Å². The zero-order chi connectivity index (χ0) is 11.1. The lowest BCUT2D eigenvalue weighted by molar-refractivity contribution is -0.144. The first kappa shape index (κ1) is 12.5. The van der Waals surface area contributed by atoms with Gasteiger partial charge in [0.2, 0.25) is 0 Å². The van der Waals surface area contributed by atoms with E-state index in [4.69, 9.17) is 4.74 Å². The molecule has 15 heavy (non-hydrogen) atoms. The van der Waals surface area contributed by atoms with E-state index in [0.29, 0.717) is 11.4 Å². The fourth-order valence-corrected chi connectivity index (χ4v) is 1.52. The molecule has 0 aromatic carbocycles. The number of carbonyl (C=O) groups excluding carboxylic acids is 1. The Kier molecular flexibility index (Phi) is 5.69. The van der Waals surface area contributed by atoms with Gasteiger partial charge in [0, 0.05) is 4.83 Å². The second-order valence-corrected chi connectivity index (χ2v) is 4.77. The van der Waals surface area contributed by atoms with E-state index in [2.05, 4.69) is 40.2 Å². The molecule has 1 unspecified atom stereocenters. The van der Waals surface area contributed by atoms with Gasteiger partial charge in [-0.25, -0.2) is 0 Å². The van der Waals surface area contributed by atoms with E-state index in [1.807, 2.05) is 6.92 Å². The summed E-state index contributed by atoms with van der Waals surface area (Å²) in [5, 5.41) is 0. The Morgan fingerprint density at radius 2 is 2.20 bits per heavy atom. The van der Waals surface area contributed by atoms with Gasteiger partial charge in [0.1, 0.15) is 0 Å². The van der Waals surface area contributed by atoms with E-state index in [1.54, 1.807) is 0 Å². The molecule has 1 saturated carbocycles. The second-order valence-electron chi connectivity index (χ2n) is 3.59. The molecule has 0 aliphatic heterocycles. The van der Waals surface area contributed by atoms with Crippen LogP contribution in [0.4, 0.5) is 0 Å². The summed E-state index contributed by atoms with van der Waals surface area (Å²) in [5.74, 6) is 0.252. The number of hydrogen-bond acceptors (Lipinski definition) is 2. The molecule has 0 saturated heterocycles. The summed E-state index contributed by atoms with van der Waals surface area (Å²) in [6, 6.07) is 0. The van der Waals surface area contributed by atoms with Crippen LogP contribution in [0.3, 0.4) is 0 Å². The number of hydrogen-bond donors (Lipinski definition) is 0. The molecule has 0 heterocycles. The maximum absolute atomic E-state index is 10.6. The van der Waals surface area contributed by atoms with Crippen LogP contribution in [0.5, 0.6) is 0 Å². The highest BCUT2D eigenvalue weighted by Crippen LogP contribution is 2.29. The van der Waals surface area contributed by atoms with Gasteiger partial charge in [0.05, 0.1) is 12.5 Å². The summed E-state index contributed by atoms with van der Waals surface area (Å²) < 4.78 is 4.73. The molecule has 2 nitrogen and oxygen atoms in total. The Hall–Kier alpha value is -0.570. The molecular weight excluding hydrogens is 256 g/mol. The average Bonchev–Trinajstić information content (AvgIpc) is 3.03. The number of esters is 1. The number of allylic oxidation sites excluding steroid dienone is 4. The minimum Gasteiger partial charge on any atom is -0.466 e. The van der Waals surface area contributed by atoms with E-state index < -0.39 is 0 Å². The SMILES string of the molecule is BrC1C=CC=CC1.CCOC(=O)C1CC1. The molecule has 3 heteroatoms. The number of alkyl halides is 1. The molecule has 0 radical (unpaired) electrons. The normalized spacial score (nSPS) is 22.9. The highest BCUT2D eigenvalue weighted by Gasteiger charge is 2.30. The molecule has 84 valence electrons. The number of carbonyl (C=O) groups is 1. The van der Waals surface area contributed by atoms with Crippen LogP contribution in [0.1, 0.15) is 26.2 Å². The fraction of sp³-hybridized carbons (Fsp3) is 0.583. The molecule has 1 fully saturated rings. The van der Waals surface area contributed by atoms with Crippen LogP contribution in [-0.2, 0) is 9.53 Å². The van der Waals surface area contributed by atoms with E-state index in [0.717, 1.165) is 19.3 Å². The lowest BCUT2D eigenvalue weighted by Crippen LogP contribution is -2.04. The van der Waals surface area contributed by atoms with Gasteiger partial charge >= 0.3 is 5.97 Å². The third-order valence-corrected chi connectivity index (χ3v) is 2.80. The molecular formula is C12H17BrO2. The molecule has 0 amide bonds. The predicted octanol–water partition coefficient (Wildman–Crippen LogP) is 3.23. The van der Waals surface area contributed by atoms with Crippen molar-refractivity contribution in [3.63, 3.8) is 0 Å². The Morgan fingerprint density at radius 3 is 2.53 bits per heavy atom. The van der Waals surface area contributed by atoms with E-state index >= 15 is 0 Å². The van der Waals surface area contributed by atoms with Crippen LogP contribution in [0.2, 0.25) is 0 Å². The standard InChI is InChI=1S/C6H7Br.C6H10O2/c7-6-4-2-1-3-5-6;1-2-8-6(7)5-3-4-5/h1-4,6H,5H2;5H,2-4H2,1H3. The number of rotatable bonds is 2. The van der Waals surface area contributed by atoms with Gasteiger partial charge in [-0.1, -0.05) is 40.2 Å². The van der Waals surface area contributed by atoms with E-state index in [9.17, 15) is 4.79 Å². The summed E-state index contributed by atoms with van der Waals surface area (Å²) in [4.78, 5) is 11.2. The lowest BCUT2D eigenvalue weighted by Gasteiger charge is -2.00. The largest absolute Gasteiger partial charge is 0.466 e. The van der Waals surface area contributed by atoms with Gasteiger partial charge in [0.15, 0.2) is 0 Å². The Morgan fingerprint density at radius 1 is 1.47 bits per heavy atom. The molecule has 2 aliphatic carbocycles. The number of halogens is 1. The third-order valence-electron chi connectivity index (χ3n) is 2.13. The van der Waals surface area contributed by atoms with Crippen LogP contribution in [0, 0.1) is 5.92 Å². The van der Waals surface area contributed by atoms with Gasteiger partial charge < -0.3 is 4.74 Å². The van der Waals surface area contributed by atoms with Crippen LogP contribution >= 0.6 is 15.9 Å². The van der Waals surface area contributed by atoms with Gasteiger partial charge in [-0.15, -0.1) is 0 Å². The molecule has 2 rings (SSSR count). The monoisotopic (exact) mass is 272 g/mol. The fourth-order valence-electron chi connectivity index (χ4n) is 1.13. The van der Waals surface area contributed by atoms with Gasteiger partial charge in [-0.3, -0.25) is 4.79 Å². The molecule has 0 aromatic rings. The zero-order valence-electron chi connectivity index (χ0n) is 8.99. The van der Waals surface area contributed by atoms with Crippen LogP contribution in [0.15, 0.2) is 24.3 Å². The molecule has 2 aliphatic rings. The first-order valence-corrected chi connectivity index (χ1v) is 6.29. The summed E-state index contributed by atoms with van der Waals surface area (Å²) >= 11 is 3.45. The minimum absolute atomic E-state index is 0.00694. The van der Waals surface area contributed by atoms with E-state index in [-0.39, 0.29) is 11.9 Å². The molecule has 0 N–H and O–H groups in total. The van der Waals surface area contributed by atoms with Crippen molar-refractivity contribution in [2.24, 2.45) is 5.92 Å². The first-order valence-electron chi connectivity index (χ1n) is 5.38. The van der Waals surface area contributed by atoms with Crippen molar-refractivity contribution in [2.75, 3.05) is 6.61 Å². The molecule has 0 spiro atoms. The quantitative estimate of drug-likeness (QED) is 0.570. The maximum atomic E-state index is 10.6. The molecule has 1 atom stereocenters. The smallest absolute Gasteiger partial charge is 0.308 e. The number of ether oxygens (including phenoxy) is 1. The van der Waals surface area contributed by atoms with Crippen molar-refractivity contribution in [2.45, 2.75) is 31.0 Å². The van der Waals surface area contributed by atoms with Crippen LogP contribution in [0.25, 0.3) is 0 Å². The first-order chi connectivity index (χ1) is 7.24. The Labute approximate surface area is 99.5 Å². The van der Waals surface area contributed by atoms with Crippen molar-refractivity contribution in [3.8, 4) is 0 Å². The Bertz CT molecular complexity index is 254. The lowest BCUT2D eigenvalue weighted by atomic mass is 10.2. The van der Waals surface area contributed by atoms with Crippen molar-refractivity contribution >= 4 is 21.9 Å². The Balaban J connectivity index is 0.000000151. The van der Waals surface area contributed by atoms with E-state index in [1.165, 1.54) is 0 Å². The second kappa shape index (κ2) is 6.83. The predicted molar refractivity (Wildman–Crippen MR) is 65.0 cm³/mol. The van der Waals surface area contributed by atoms with Gasteiger partial charge in [-0.05, 0) is 26.2 Å². The van der Waals surface area contributed by atoms with Crippen LogP contribution in [-0.4, -0.2) is 17.4 Å². The van der Waals surface area contributed by atoms with Crippen molar-refractivity contribution in [1.82, 2.24) is 0 Å². The zero-order valence-corrected chi connectivity index (χ0v) is 10.6. The van der Waals surface area contributed by atoms with Gasteiger partial charge in [0.25, 0.3) is 0 Å². The maximum Gasteiger partial charge on any atom is 0.308 e. The molecule has 0 bridgehead atoms. The van der Waals surface area contributed by atoms with Crippen molar-refractivity contribution in [1.29, 1.82) is 0 Å². The average molecular weight is 273 g/mol. The molecule has 0 aromatic heterocycles. The topological polar surface area (TPSA) is 26.3 Å². The summed E-state index contributed by atoms with van der Waals surface area (Å²) in [5.41, 5.74) is 0. The summed E-state index contributed by atoms with van der Waals surface area (Å²) in [7, 11) is 0. The van der Waals surface area contributed by atoms with Gasteiger partial charge in [-0.2, -0.15) is 0 Å². The van der Waals surface area contributed by atoms with Crippen molar-refractivity contribution in [3.05, 3.63) is 24.3 Å². The minimum atomic E-state index is -0.00694. The third kappa shape index (κ3) is 5.78. The summed E-state index contributed by atoms with van der Waals surface area (Å²) in [6.45, 7) is 2.36. The summed E-state index contributed by atoms with van der Waals surface area (Å²) in [6.07, 6.45) is 11.6. The highest BCUT2D eigenvalue weighted by molar-refractivity contribution is 9.09. The van der Waals surface area contributed by atoms with Crippen LogP contribution < -0.4 is 0 Å². The highest BCUT2D eigenvalue weighted by atomic mass is 79.9.